The fourth-order valence-electron chi connectivity index (χ4n) is 3.23. The Morgan fingerprint density at radius 2 is 2.04 bits per heavy atom. The predicted octanol–water partition coefficient (Wildman–Crippen LogP) is 3.40. The summed E-state index contributed by atoms with van der Waals surface area (Å²) in [5.41, 5.74) is 3.61. The number of H-pyrrole nitrogens is 1. The number of nitro benzene ring substituents is 1. The van der Waals surface area contributed by atoms with Gasteiger partial charge in [-0.05, 0) is 36.3 Å². The fraction of sp³-hybridized carbons (Fsp3) is 0.158. The normalized spacial score (nSPS) is 14.3. The van der Waals surface area contributed by atoms with Gasteiger partial charge >= 0.3 is 0 Å². The van der Waals surface area contributed by atoms with Gasteiger partial charge in [0.1, 0.15) is 5.65 Å². The van der Waals surface area contributed by atoms with E-state index in [2.05, 4.69) is 16.0 Å². The van der Waals surface area contributed by atoms with E-state index in [1.54, 1.807) is 11.1 Å². The van der Waals surface area contributed by atoms with E-state index in [1.165, 1.54) is 29.8 Å². The first-order chi connectivity index (χ1) is 12.6. The summed E-state index contributed by atoms with van der Waals surface area (Å²) in [5, 5.41) is 11.8. The zero-order chi connectivity index (χ0) is 18.1. The fourth-order valence-corrected chi connectivity index (χ4v) is 3.23. The molecular weight excluding hydrogens is 332 g/mol. The largest absolute Gasteiger partial charge is 0.346 e. The van der Waals surface area contributed by atoms with Crippen LogP contribution in [0.25, 0.3) is 16.6 Å². The summed E-state index contributed by atoms with van der Waals surface area (Å²) in [4.78, 5) is 32.1. The number of carbonyl (C=O) groups is 1. The highest BCUT2D eigenvalue weighted by atomic mass is 16.6. The van der Waals surface area contributed by atoms with Crippen molar-refractivity contribution in [2.45, 2.75) is 6.42 Å². The lowest BCUT2D eigenvalue weighted by molar-refractivity contribution is -0.384. The van der Waals surface area contributed by atoms with Crippen molar-refractivity contribution in [3.05, 3.63) is 76.1 Å². The molecule has 0 saturated carbocycles. The molecule has 7 nitrogen and oxygen atoms in total. The highest BCUT2D eigenvalue weighted by molar-refractivity contribution is 5.96. The lowest BCUT2D eigenvalue weighted by atomic mass is 9.99. The minimum absolute atomic E-state index is 0.0182. The number of amides is 1. The molecule has 2 aromatic heterocycles. The number of pyridine rings is 1. The second-order valence-corrected chi connectivity index (χ2v) is 6.14. The van der Waals surface area contributed by atoms with Crippen LogP contribution in [-0.2, 0) is 0 Å². The van der Waals surface area contributed by atoms with Crippen molar-refractivity contribution in [2.75, 3.05) is 13.1 Å². The van der Waals surface area contributed by atoms with Crippen LogP contribution in [0, 0.1) is 10.1 Å². The Labute approximate surface area is 149 Å². The number of aromatic amines is 1. The first kappa shape index (κ1) is 16.0. The van der Waals surface area contributed by atoms with Crippen molar-refractivity contribution in [1.29, 1.82) is 0 Å². The molecule has 4 rings (SSSR count). The molecular formula is C19H16N4O3. The molecule has 1 aromatic carbocycles. The molecule has 0 spiro atoms. The summed E-state index contributed by atoms with van der Waals surface area (Å²) in [6, 6.07) is 9.67. The lowest BCUT2D eigenvalue weighted by Crippen LogP contribution is -2.34. The average molecular weight is 348 g/mol. The summed E-state index contributed by atoms with van der Waals surface area (Å²) >= 11 is 0. The van der Waals surface area contributed by atoms with Gasteiger partial charge in [0.05, 0.1) is 4.92 Å². The maximum absolute atomic E-state index is 12.6. The number of nitrogens with one attached hydrogen (secondary N) is 1. The van der Waals surface area contributed by atoms with Gasteiger partial charge in [-0.3, -0.25) is 14.9 Å². The van der Waals surface area contributed by atoms with Crippen LogP contribution in [0.4, 0.5) is 5.69 Å². The first-order valence-corrected chi connectivity index (χ1v) is 8.29. The Balaban J connectivity index is 1.52. The van der Waals surface area contributed by atoms with E-state index in [-0.39, 0.29) is 11.6 Å². The van der Waals surface area contributed by atoms with E-state index in [4.69, 9.17) is 0 Å². The third-order valence-electron chi connectivity index (χ3n) is 4.62. The van der Waals surface area contributed by atoms with Crippen LogP contribution < -0.4 is 0 Å². The highest BCUT2D eigenvalue weighted by Gasteiger charge is 2.21. The molecule has 0 bridgehead atoms. The Morgan fingerprint density at radius 1 is 1.23 bits per heavy atom. The van der Waals surface area contributed by atoms with Crippen LogP contribution in [0.15, 0.2) is 54.9 Å². The number of nitrogens with zero attached hydrogens (tertiary/aromatic N) is 3. The molecule has 3 aromatic rings. The standard InChI is InChI=1S/C19H16N4O3/c24-19(14-3-5-15(6-4-14)23(25)26)22-10-7-13(8-11-22)17-12-21-18-16(17)2-1-9-20-18/h1-7,9,12H,8,10-11H2,(H,20,21). The van der Waals surface area contributed by atoms with Crippen molar-refractivity contribution in [3.8, 4) is 0 Å². The molecule has 1 N–H and O–H groups in total. The zero-order valence-electron chi connectivity index (χ0n) is 13.9. The van der Waals surface area contributed by atoms with Crippen LogP contribution in [0.3, 0.4) is 0 Å². The van der Waals surface area contributed by atoms with Gasteiger partial charge in [-0.2, -0.15) is 0 Å². The molecule has 1 aliphatic rings. The molecule has 7 heteroatoms. The Morgan fingerprint density at radius 3 is 2.73 bits per heavy atom. The molecule has 1 aliphatic heterocycles. The van der Waals surface area contributed by atoms with E-state index in [0.29, 0.717) is 18.7 Å². The van der Waals surface area contributed by atoms with Crippen molar-refractivity contribution in [1.82, 2.24) is 14.9 Å². The van der Waals surface area contributed by atoms with Gasteiger partial charge < -0.3 is 9.88 Å². The van der Waals surface area contributed by atoms with Crippen molar-refractivity contribution in [2.24, 2.45) is 0 Å². The first-order valence-electron chi connectivity index (χ1n) is 8.29. The minimum Gasteiger partial charge on any atom is -0.346 e. The van der Waals surface area contributed by atoms with Crippen LogP contribution in [0.5, 0.6) is 0 Å². The average Bonchev–Trinajstić information content (AvgIpc) is 3.12. The number of hydrogen-bond acceptors (Lipinski definition) is 4. The van der Waals surface area contributed by atoms with Gasteiger partial charge in [-0.15, -0.1) is 0 Å². The number of nitro groups is 1. The number of carbonyl (C=O) groups excluding carboxylic acids is 1. The molecule has 3 heterocycles. The quantitative estimate of drug-likeness (QED) is 0.580. The molecule has 26 heavy (non-hydrogen) atoms. The van der Waals surface area contributed by atoms with Crippen molar-refractivity contribution < 1.29 is 9.72 Å². The van der Waals surface area contributed by atoms with E-state index in [9.17, 15) is 14.9 Å². The Bertz CT molecular complexity index is 1020. The Kier molecular flexibility index (Phi) is 3.96. The summed E-state index contributed by atoms with van der Waals surface area (Å²) in [5.74, 6) is -0.115. The molecule has 0 unspecified atom stereocenters. The zero-order valence-corrected chi connectivity index (χ0v) is 13.9. The molecule has 0 atom stereocenters. The van der Waals surface area contributed by atoms with Crippen molar-refractivity contribution >= 4 is 28.2 Å². The number of non-ortho nitro benzene ring substituents is 1. The third-order valence-corrected chi connectivity index (χ3v) is 4.62. The number of hydrogen-bond donors (Lipinski definition) is 1. The number of fused-ring (bicyclic) bond motifs is 1. The van der Waals surface area contributed by atoms with Crippen LogP contribution >= 0.6 is 0 Å². The number of rotatable bonds is 3. The summed E-state index contributed by atoms with van der Waals surface area (Å²) < 4.78 is 0. The highest BCUT2D eigenvalue weighted by Crippen LogP contribution is 2.28. The van der Waals surface area contributed by atoms with E-state index in [1.807, 2.05) is 18.3 Å². The molecule has 1 amide bonds. The topological polar surface area (TPSA) is 92.1 Å². The van der Waals surface area contributed by atoms with Crippen LogP contribution in [0.1, 0.15) is 22.3 Å². The van der Waals surface area contributed by atoms with E-state index >= 15 is 0 Å². The predicted molar refractivity (Wildman–Crippen MR) is 97.7 cm³/mol. The molecule has 0 radical (unpaired) electrons. The molecule has 130 valence electrons. The van der Waals surface area contributed by atoms with Gasteiger partial charge in [0.2, 0.25) is 0 Å². The maximum atomic E-state index is 12.6. The van der Waals surface area contributed by atoms with Gasteiger partial charge in [0.15, 0.2) is 0 Å². The Hall–Kier alpha value is -3.48. The second kappa shape index (κ2) is 6.44. The van der Waals surface area contributed by atoms with E-state index < -0.39 is 4.92 Å². The number of benzene rings is 1. The second-order valence-electron chi connectivity index (χ2n) is 6.14. The van der Waals surface area contributed by atoms with Gasteiger partial charge in [0, 0.05) is 54.1 Å². The minimum atomic E-state index is -0.472. The van der Waals surface area contributed by atoms with Gasteiger partial charge in [-0.1, -0.05) is 6.08 Å². The number of aromatic nitrogens is 2. The monoisotopic (exact) mass is 348 g/mol. The van der Waals surface area contributed by atoms with Crippen LogP contribution in [-0.4, -0.2) is 38.8 Å². The van der Waals surface area contributed by atoms with Gasteiger partial charge in [-0.25, -0.2) is 4.98 Å². The summed E-state index contributed by atoms with van der Waals surface area (Å²) in [6.45, 7) is 1.12. The lowest BCUT2D eigenvalue weighted by Gasteiger charge is -2.26. The SMILES string of the molecule is O=C(c1ccc([N+](=O)[O-])cc1)N1CC=C(c2c[nH]c3ncccc23)CC1. The van der Waals surface area contributed by atoms with Crippen LogP contribution in [0.2, 0.25) is 0 Å². The maximum Gasteiger partial charge on any atom is 0.269 e. The molecule has 0 saturated heterocycles. The smallest absolute Gasteiger partial charge is 0.269 e. The summed E-state index contributed by atoms with van der Waals surface area (Å²) in [6.07, 6.45) is 6.52. The van der Waals surface area contributed by atoms with Crippen molar-refractivity contribution in [3.63, 3.8) is 0 Å². The van der Waals surface area contributed by atoms with E-state index in [0.717, 1.165) is 23.0 Å². The summed E-state index contributed by atoms with van der Waals surface area (Å²) in [7, 11) is 0. The third kappa shape index (κ3) is 2.83. The molecule has 0 aliphatic carbocycles. The van der Waals surface area contributed by atoms with Gasteiger partial charge in [0.25, 0.3) is 11.6 Å². The molecule has 0 fully saturated rings.